The van der Waals surface area contributed by atoms with E-state index in [9.17, 15) is 0 Å². The lowest BCUT2D eigenvalue weighted by Gasteiger charge is -2.16. The highest BCUT2D eigenvalue weighted by Crippen LogP contribution is 2.44. The zero-order chi connectivity index (χ0) is 45.0. The maximum atomic E-state index is 5.15. The third kappa shape index (κ3) is 6.96. The monoisotopic (exact) mass is 884 g/mol. The van der Waals surface area contributed by atoms with Crippen molar-refractivity contribution in [2.45, 2.75) is 0 Å². The number of fused-ring (bicyclic) bond motifs is 6. The first-order valence-corrected chi connectivity index (χ1v) is 23.7. The number of rotatable bonds is 8. The first-order chi connectivity index (χ1) is 33.7. The van der Waals surface area contributed by atoms with Gasteiger partial charge in [-0.2, -0.15) is 0 Å². The minimum atomic E-state index is 0.652. The van der Waals surface area contributed by atoms with Crippen molar-refractivity contribution in [2.24, 2.45) is 0 Å². The van der Waals surface area contributed by atoms with Crippen LogP contribution < -0.4 is 0 Å². The van der Waals surface area contributed by atoms with Crippen LogP contribution in [0.15, 0.2) is 243 Å². The summed E-state index contributed by atoms with van der Waals surface area (Å²) in [5.74, 6) is 1.96. The average molecular weight is 885 g/mol. The molecule has 3 heterocycles. The van der Waals surface area contributed by atoms with Gasteiger partial charge in [0.15, 0.2) is 17.5 Å². The summed E-state index contributed by atoms with van der Waals surface area (Å²) in [6.45, 7) is 0. The molecule has 0 atom stereocenters. The largest absolute Gasteiger partial charge is 0.309 e. The van der Waals surface area contributed by atoms with Crippen molar-refractivity contribution in [1.82, 2.24) is 19.5 Å². The van der Waals surface area contributed by atoms with E-state index >= 15 is 0 Å². The van der Waals surface area contributed by atoms with Gasteiger partial charge in [-0.05, 0) is 99.6 Å². The molecule has 4 nitrogen and oxygen atoms in total. The molecule has 13 rings (SSSR count). The second kappa shape index (κ2) is 16.6. The van der Waals surface area contributed by atoms with E-state index in [1.165, 1.54) is 64.5 Å². The Balaban J connectivity index is 0.956. The van der Waals surface area contributed by atoms with E-state index in [-0.39, 0.29) is 0 Å². The second-order valence-corrected chi connectivity index (χ2v) is 18.2. The predicted octanol–water partition coefficient (Wildman–Crippen LogP) is 17.0. The van der Waals surface area contributed by atoms with Gasteiger partial charge in [0.05, 0.1) is 16.7 Å². The summed E-state index contributed by atoms with van der Waals surface area (Å²) in [5, 5.41) is 4.76. The Bertz CT molecular complexity index is 3890. The number of hydrogen-bond acceptors (Lipinski definition) is 4. The van der Waals surface area contributed by atoms with Gasteiger partial charge < -0.3 is 4.57 Å². The summed E-state index contributed by atoms with van der Waals surface area (Å²) in [6, 6.07) is 86.7. The van der Waals surface area contributed by atoms with E-state index in [1.807, 2.05) is 36.4 Å². The molecule has 68 heavy (non-hydrogen) atoms. The van der Waals surface area contributed by atoms with Gasteiger partial charge in [-0.15, -0.1) is 11.3 Å². The lowest BCUT2D eigenvalue weighted by molar-refractivity contribution is 1.08. The minimum absolute atomic E-state index is 0.652. The standard InChI is InChI=1S/C63H40N4S/c1-5-18-41(19-6-1)47-36-48(42-20-7-2-8-21-42)38-49(37-47)50-26-13-15-29-55(50)67-56-30-16-14-27-51(56)53-39-45(32-34-57(53)67)46-33-35-58-54(40-46)60-52(28-17-31-59(60)68-58)63-65-61(43-22-9-3-10-23-43)64-62(66-63)44-24-11-4-12-25-44/h1-40H. The molecule has 3 aromatic heterocycles. The van der Waals surface area contributed by atoms with Gasteiger partial charge in [0, 0.05) is 53.2 Å². The molecule has 0 aliphatic heterocycles. The highest BCUT2D eigenvalue weighted by atomic mass is 32.1. The normalized spacial score (nSPS) is 11.5. The van der Waals surface area contributed by atoms with Gasteiger partial charge in [0.25, 0.3) is 0 Å². The first kappa shape index (κ1) is 39.6. The minimum Gasteiger partial charge on any atom is -0.309 e. The van der Waals surface area contributed by atoms with E-state index in [1.54, 1.807) is 11.3 Å². The summed E-state index contributed by atoms with van der Waals surface area (Å²) >= 11 is 1.80. The Hall–Kier alpha value is -8.77. The number of nitrogens with zero attached hydrogens (tertiary/aromatic N) is 4. The van der Waals surface area contributed by atoms with Gasteiger partial charge in [0.2, 0.25) is 0 Å². The third-order valence-electron chi connectivity index (χ3n) is 13.0. The van der Waals surface area contributed by atoms with Crippen molar-refractivity contribution in [3.63, 3.8) is 0 Å². The molecule has 0 fully saturated rings. The van der Waals surface area contributed by atoms with Gasteiger partial charge in [-0.25, -0.2) is 15.0 Å². The Kier molecular flexibility index (Phi) is 9.66. The smallest absolute Gasteiger partial charge is 0.164 e. The molecule has 0 unspecified atom stereocenters. The molecule has 0 saturated heterocycles. The maximum Gasteiger partial charge on any atom is 0.164 e. The quantitative estimate of drug-likeness (QED) is 0.153. The van der Waals surface area contributed by atoms with Crippen LogP contribution in [0, 0.1) is 0 Å². The molecule has 0 radical (unpaired) electrons. The number of thiophene rings is 1. The predicted molar refractivity (Wildman–Crippen MR) is 285 cm³/mol. The third-order valence-corrected chi connectivity index (χ3v) is 14.2. The van der Waals surface area contributed by atoms with Crippen LogP contribution in [-0.4, -0.2) is 19.5 Å². The molecule has 0 aliphatic carbocycles. The maximum absolute atomic E-state index is 5.15. The molecule has 10 aromatic carbocycles. The highest BCUT2D eigenvalue weighted by molar-refractivity contribution is 7.26. The number of hydrogen-bond donors (Lipinski definition) is 0. The van der Waals surface area contributed by atoms with Crippen LogP contribution in [0.25, 0.3) is 126 Å². The molecule has 5 heteroatoms. The van der Waals surface area contributed by atoms with Crippen molar-refractivity contribution in [2.75, 3.05) is 0 Å². The Morgan fingerprint density at radius 3 is 1.44 bits per heavy atom. The SMILES string of the molecule is c1ccc(-c2cc(-c3ccccc3)cc(-c3ccccc3-n3c4ccccc4c4cc(-c5ccc6sc7cccc(-c8nc(-c9ccccc9)nc(-c9ccccc9)n8)c7c6c5)ccc43)c2)cc1. The lowest BCUT2D eigenvalue weighted by Crippen LogP contribution is -2.00. The highest BCUT2D eigenvalue weighted by Gasteiger charge is 2.20. The Morgan fingerprint density at radius 1 is 0.279 bits per heavy atom. The molecule has 0 N–H and O–H groups in total. The lowest BCUT2D eigenvalue weighted by atomic mass is 9.92. The molecule has 13 aromatic rings. The molecule has 0 saturated carbocycles. The zero-order valence-corrected chi connectivity index (χ0v) is 37.6. The second-order valence-electron chi connectivity index (χ2n) is 17.2. The van der Waals surface area contributed by atoms with Crippen LogP contribution in [0.2, 0.25) is 0 Å². The molecule has 0 spiro atoms. The summed E-state index contributed by atoms with van der Waals surface area (Å²) in [4.78, 5) is 15.3. The fourth-order valence-corrected chi connectivity index (χ4v) is 10.9. The fraction of sp³-hybridized carbons (Fsp3) is 0. The number of aromatic nitrogens is 4. The first-order valence-electron chi connectivity index (χ1n) is 22.9. The van der Waals surface area contributed by atoms with Crippen molar-refractivity contribution < 1.29 is 0 Å². The number of benzene rings is 10. The molecular weight excluding hydrogens is 845 g/mol. The average Bonchev–Trinajstić information content (AvgIpc) is 3.97. The van der Waals surface area contributed by atoms with Crippen molar-refractivity contribution in [3.05, 3.63) is 243 Å². The molecule has 0 amide bonds. The van der Waals surface area contributed by atoms with Crippen molar-refractivity contribution in [1.29, 1.82) is 0 Å². The van der Waals surface area contributed by atoms with Crippen LogP contribution in [0.4, 0.5) is 0 Å². The summed E-state index contributed by atoms with van der Waals surface area (Å²) < 4.78 is 4.86. The topological polar surface area (TPSA) is 43.6 Å². The summed E-state index contributed by atoms with van der Waals surface area (Å²) in [6.07, 6.45) is 0. The van der Waals surface area contributed by atoms with E-state index in [2.05, 4.69) is 211 Å². The van der Waals surface area contributed by atoms with Crippen LogP contribution >= 0.6 is 11.3 Å². The molecular formula is C63H40N4S. The summed E-state index contributed by atoms with van der Waals surface area (Å²) in [5.41, 5.74) is 15.8. The Morgan fingerprint density at radius 2 is 0.779 bits per heavy atom. The van der Waals surface area contributed by atoms with Crippen LogP contribution in [0.3, 0.4) is 0 Å². The molecule has 0 bridgehead atoms. The Labute approximate surface area is 397 Å². The van der Waals surface area contributed by atoms with E-state index in [4.69, 9.17) is 15.0 Å². The molecule has 0 aliphatic rings. The van der Waals surface area contributed by atoms with Gasteiger partial charge in [0.1, 0.15) is 0 Å². The molecule has 318 valence electrons. The van der Waals surface area contributed by atoms with Crippen LogP contribution in [-0.2, 0) is 0 Å². The van der Waals surface area contributed by atoms with Crippen molar-refractivity contribution in [3.8, 4) is 84.4 Å². The fourth-order valence-electron chi connectivity index (χ4n) is 9.82. The zero-order valence-electron chi connectivity index (χ0n) is 36.8. The van der Waals surface area contributed by atoms with Gasteiger partial charge in [-0.1, -0.05) is 182 Å². The van der Waals surface area contributed by atoms with Gasteiger partial charge in [-0.3, -0.25) is 0 Å². The number of para-hydroxylation sites is 2. The summed E-state index contributed by atoms with van der Waals surface area (Å²) in [7, 11) is 0. The van der Waals surface area contributed by atoms with Gasteiger partial charge >= 0.3 is 0 Å². The van der Waals surface area contributed by atoms with Crippen molar-refractivity contribution >= 4 is 53.3 Å². The van der Waals surface area contributed by atoms with E-state index in [0.717, 1.165) is 44.4 Å². The van der Waals surface area contributed by atoms with E-state index in [0.29, 0.717) is 17.5 Å². The van der Waals surface area contributed by atoms with E-state index < -0.39 is 0 Å². The van der Waals surface area contributed by atoms with Crippen LogP contribution in [0.5, 0.6) is 0 Å². The van der Waals surface area contributed by atoms with Crippen LogP contribution in [0.1, 0.15) is 0 Å².